The Bertz CT molecular complexity index is 768. The van der Waals surface area contributed by atoms with Gasteiger partial charge in [-0.2, -0.15) is 0 Å². The Balaban J connectivity index is 2.06. The van der Waals surface area contributed by atoms with Crippen LogP contribution < -0.4 is 5.32 Å². The van der Waals surface area contributed by atoms with Crippen molar-refractivity contribution in [3.63, 3.8) is 0 Å². The molecule has 1 aliphatic rings. The SMILES string of the molecule is COC(=O)C=CC[C@]1(C(=O)OCc2ccccc2)CC[C@@H](NC(=O)OC(C)(C)C)C1. The lowest BCUT2D eigenvalue weighted by atomic mass is 9.82. The number of hydrogen-bond donors (Lipinski definition) is 1. The highest BCUT2D eigenvalue weighted by Crippen LogP contribution is 2.43. The van der Waals surface area contributed by atoms with E-state index in [1.807, 2.05) is 30.3 Å². The number of nitrogens with one attached hydrogen (secondary N) is 1. The average molecular weight is 418 g/mol. The van der Waals surface area contributed by atoms with Crippen LogP contribution in [-0.4, -0.2) is 36.8 Å². The Morgan fingerprint density at radius 3 is 2.53 bits per heavy atom. The van der Waals surface area contributed by atoms with E-state index in [9.17, 15) is 14.4 Å². The molecule has 30 heavy (non-hydrogen) atoms. The van der Waals surface area contributed by atoms with Crippen LogP contribution in [0.4, 0.5) is 4.79 Å². The van der Waals surface area contributed by atoms with E-state index in [4.69, 9.17) is 9.47 Å². The monoisotopic (exact) mass is 417 g/mol. The first-order chi connectivity index (χ1) is 14.1. The van der Waals surface area contributed by atoms with Crippen LogP contribution >= 0.6 is 0 Å². The van der Waals surface area contributed by atoms with Crippen LogP contribution in [-0.2, 0) is 30.4 Å². The summed E-state index contributed by atoms with van der Waals surface area (Å²) in [6.07, 6.45) is 4.31. The largest absolute Gasteiger partial charge is 0.466 e. The molecule has 2 rings (SSSR count). The predicted octanol–water partition coefficient (Wildman–Crippen LogP) is 3.91. The molecule has 1 amide bonds. The molecule has 7 heteroatoms. The predicted molar refractivity (Wildman–Crippen MR) is 111 cm³/mol. The molecule has 7 nitrogen and oxygen atoms in total. The molecule has 2 atom stereocenters. The lowest BCUT2D eigenvalue weighted by molar-refractivity contribution is -0.157. The van der Waals surface area contributed by atoms with E-state index in [1.54, 1.807) is 26.8 Å². The summed E-state index contributed by atoms with van der Waals surface area (Å²) in [5.41, 5.74) is -0.524. The molecule has 0 heterocycles. The van der Waals surface area contributed by atoms with Gasteiger partial charge in [-0.15, -0.1) is 0 Å². The molecule has 0 radical (unpaired) electrons. The number of allylic oxidation sites excluding steroid dienone is 1. The Kier molecular flexibility index (Phi) is 8.03. The molecule has 164 valence electrons. The van der Waals surface area contributed by atoms with Gasteiger partial charge in [0, 0.05) is 12.1 Å². The van der Waals surface area contributed by atoms with Crippen LogP contribution in [0, 0.1) is 5.41 Å². The molecule has 0 saturated heterocycles. The summed E-state index contributed by atoms with van der Waals surface area (Å²) >= 11 is 0. The van der Waals surface area contributed by atoms with Crippen molar-refractivity contribution in [1.29, 1.82) is 0 Å². The van der Waals surface area contributed by atoms with Crippen molar-refractivity contribution in [2.24, 2.45) is 5.41 Å². The van der Waals surface area contributed by atoms with E-state index in [0.717, 1.165) is 5.56 Å². The van der Waals surface area contributed by atoms with E-state index >= 15 is 0 Å². The summed E-state index contributed by atoms with van der Waals surface area (Å²) in [7, 11) is 1.30. The fourth-order valence-electron chi connectivity index (χ4n) is 3.50. The van der Waals surface area contributed by atoms with Crippen molar-refractivity contribution < 1.29 is 28.6 Å². The first-order valence-corrected chi connectivity index (χ1v) is 10.1. The topological polar surface area (TPSA) is 90.9 Å². The Morgan fingerprint density at radius 2 is 1.90 bits per heavy atom. The van der Waals surface area contributed by atoms with Gasteiger partial charge >= 0.3 is 18.0 Å². The number of rotatable bonds is 7. The summed E-state index contributed by atoms with van der Waals surface area (Å²) < 4.78 is 15.5. The summed E-state index contributed by atoms with van der Waals surface area (Å²) in [6.45, 7) is 5.56. The zero-order valence-electron chi connectivity index (χ0n) is 18.1. The minimum atomic E-state index is -0.820. The van der Waals surface area contributed by atoms with Crippen LogP contribution in [0.1, 0.15) is 52.0 Å². The molecule has 1 N–H and O–H groups in total. The maximum atomic E-state index is 13.0. The Hall–Kier alpha value is -2.83. The van der Waals surface area contributed by atoms with E-state index in [2.05, 4.69) is 10.1 Å². The summed E-state index contributed by atoms with van der Waals surface area (Å²) in [6, 6.07) is 9.23. The Morgan fingerprint density at radius 1 is 1.20 bits per heavy atom. The molecule has 1 aromatic carbocycles. The number of benzene rings is 1. The minimum absolute atomic E-state index is 0.173. The molecule has 1 aliphatic carbocycles. The smallest absolute Gasteiger partial charge is 0.407 e. The fourth-order valence-corrected chi connectivity index (χ4v) is 3.50. The molecule has 0 unspecified atom stereocenters. The lowest BCUT2D eigenvalue weighted by Crippen LogP contribution is -2.39. The van der Waals surface area contributed by atoms with Crippen molar-refractivity contribution in [3.8, 4) is 0 Å². The highest BCUT2D eigenvalue weighted by Gasteiger charge is 2.46. The highest BCUT2D eigenvalue weighted by molar-refractivity contribution is 5.82. The van der Waals surface area contributed by atoms with Gasteiger partial charge in [0.15, 0.2) is 0 Å². The van der Waals surface area contributed by atoms with Gasteiger partial charge in [0.1, 0.15) is 12.2 Å². The van der Waals surface area contributed by atoms with Crippen molar-refractivity contribution >= 4 is 18.0 Å². The van der Waals surface area contributed by atoms with Gasteiger partial charge in [0.05, 0.1) is 12.5 Å². The van der Waals surface area contributed by atoms with Gasteiger partial charge in [-0.05, 0) is 52.0 Å². The second kappa shape index (κ2) is 10.3. The second-order valence-corrected chi connectivity index (χ2v) is 8.56. The molecule has 0 aliphatic heterocycles. The van der Waals surface area contributed by atoms with Crippen molar-refractivity contribution in [3.05, 3.63) is 48.0 Å². The molecule has 0 spiro atoms. The normalized spacial score (nSPS) is 21.3. The van der Waals surface area contributed by atoms with Crippen molar-refractivity contribution in [1.82, 2.24) is 5.32 Å². The first-order valence-electron chi connectivity index (χ1n) is 10.1. The number of alkyl carbamates (subject to hydrolysis) is 1. The highest BCUT2D eigenvalue weighted by atomic mass is 16.6. The maximum Gasteiger partial charge on any atom is 0.407 e. The van der Waals surface area contributed by atoms with Gasteiger partial charge in [-0.3, -0.25) is 4.79 Å². The number of amides is 1. The third-order valence-electron chi connectivity index (χ3n) is 4.94. The van der Waals surface area contributed by atoms with E-state index < -0.39 is 23.1 Å². The van der Waals surface area contributed by atoms with Crippen molar-refractivity contribution in [2.45, 2.75) is 64.7 Å². The van der Waals surface area contributed by atoms with Gasteiger partial charge < -0.3 is 19.5 Å². The minimum Gasteiger partial charge on any atom is -0.466 e. The average Bonchev–Trinajstić information content (AvgIpc) is 3.09. The summed E-state index contributed by atoms with van der Waals surface area (Å²) in [5, 5.41) is 2.84. The van der Waals surface area contributed by atoms with Gasteiger partial charge in [0.2, 0.25) is 0 Å². The van der Waals surface area contributed by atoms with Crippen LogP contribution in [0.15, 0.2) is 42.5 Å². The van der Waals surface area contributed by atoms with E-state index in [0.29, 0.717) is 25.7 Å². The first kappa shape index (κ1) is 23.4. The zero-order valence-corrected chi connectivity index (χ0v) is 18.1. The molecule has 1 aromatic rings. The fraction of sp³-hybridized carbons (Fsp3) is 0.522. The molecule has 0 bridgehead atoms. The number of methoxy groups -OCH3 is 1. The van der Waals surface area contributed by atoms with Gasteiger partial charge in [-0.25, -0.2) is 9.59 Å². The van der Waals surface area contributed by atoms with Crippen LogP contribution in [0.3, 0.4) is 0 Å². The Labute approximate surface area is 177 Å². The molecular formula is C23H31NO6. The molecule has 1 saturated carbocycles. The molecule has 1 fully saturated rings. The second-order valence-electron chi connectivity index (χ2n) is 8.56. The molecule has 0 aromatic heterocycles. The maximum absolute atomic E-state index is 13.0. The van der Waals surface area contributed by atoms with Crippen LogP contribution in [0.25, 0.3) is 0 Å². The number of esters is 2. The number of hydrogen-bond acceptors (Lipinski definition) is 6. The van der Waals surface area contributed by atoms with Crippen LogP contribution in [0.2, 0.25) is 0 Å². The third kappa shape index (κ3) is 7.21. The lowest BCUT2D eigenvalue weighted by Gasteiger charge is -2.26. The molecular weight excluding hydrogens is 386 g/mol. The number of ether oxygens (including phenoxy) is 3. The van der Waals surface area contributed by atoms with Gasteiger partial charge in [-0.1, -0.05) is 36.4 Å². The number of carbonyl (C=O) groups excluding carboxylic acids is 3. The zero-order chi connectivity index (χ0) is 22.2. The van der Waals surface area contributed by atoms with E-state index in [1.165, 1.54) is 13.2 Å². The van der Waals surface area contributed by atoms with Crippen molar-refractivity contribution in [2.75, 3.05) is 7.11 Å². The standard InChI is InChI=1S/C23H31NO6/c1-22(2,3)30-21(27)24-18-12-14-23(15-18,13-8-11-19(25)28-4)20(26)29-16-17-9-6-5-7-10-17/h5-11,18H,12-16H2,1-4H3,(H,24,27)/t18-,23+/m1/s1. The van der Waals surface area contributed by atoms with Crippen LogP contribution in [0.5, 0.6) is 0 Å². The van der Waals surface area contributed by atoms with E-state index in [-0.39, 0.29) is 18.6 Å². The summed E-state index contributed by atoms with van der Waals surface area (Å²) in [5.74, 6) is -0.821. The van der Waals surface area contributed by atoms with Gasteiger partial charge in [0.25, 0.3) is 0 Å². The quantitative estimate of drug-likeness (QED) is 0.411. The number of carbonyl (C=O) groups is 3. The third-order valence-corrected chi connectivity index (χ3v) is 4.94. The summed E-state index contributed by atoms with van der Waals surface area (Å²) in [4.78, 5) is 36.6.